The third kappa shape index (κ3) is 3.79. The van der Waals surface area contributed by atoms with Crippen LogP contribution in [0.3, 0.4) is 0 Å². The summed E-state index contributed by atoms with van der Waals surface area (Å²) in [7, 11) is 1.76. The van der Waals surface area contributed by atoms with E-state index in [9.17, 15) is 4.79 Å². The number of carbonyl (C=O) groups is 1. The van der Waals surface area contributed by atoms with Gasteiger partial charge in [0.1, 0.15) is 0 Å². The molecule has 3 rings (SSSR count). The smallest absolute Gasteiger partial charge is 0.264 e. The Labute approximate surface area is 147 Å². The van der Waals surface area contributed by atoms with E-state index in [0.29, 0.717) is 12.6 Å². The summed E-state index contributed by atoms with van der Waals surface area (Å²) < 4.78 is 1.17. The highest BCUT2D eigenvalue weighted by atomic mass is 32.1. The Bertz CT molecular complexity index is 690. The third-order valence-corrected chi connectivity index (χ3v) is 5.99. The van der Waals surface area contributed by atoms with Crippen LogP contribution in [0.4, 0.5) is 0 Å². The summed E-state index contributed by atoms with van der Waals surface area (Å²) in [6.45, 7) is 1.43. The molecule has 1 saturated heterocycles. The Morgan fingerprint density at radius 1 is 1.33 bits per heavy atom. The number of hydrogen-bond donors (Lipinski definition) is 2. The van der Waals surface area contributed by atoms with E-state index in [1.165, 1.54) is 41.3 Å². The van der Waals surface area contributed by atoms with Gasteiger partial charge in [0.25, 0.3) is 5.91 Å². The van der Waals surface area contributed by atoms with Gasteiger partial charge in [0.15, 0.2) is 0 Å². The van der Waals surface area contributed by atoms with Crippen molar-refractivity contribution in [2.45, 2.75) is 38.1 Å². The average molecular weight is 346 g/mol. The molecule has 1 aromatic heterocycles. The molecular formula is C19H26N2O2S. The number of benzene rings is 1. The van der Waals surface area contributed by atoms with Gasteiger partial charge >= 0.3 is 0 Å². The van der Waals surface area contributed by atoms with Gasteiger partial charge in [-0.2, -0.15) is 0 Å². The van der Waals surface area contributed by atoms with Gasteiger partial charge in [0.05, 0.1) is 11.5 Å². The van der Waals surface area contributed by atoms with E-state index in [2.05, 4.69) is 17.4 Å². The number of aliphatic hydroxyl groups is 1. The molecule has 1 aliphatic heterocycles. The second-order valence-electron chi connectivity index (χ2n) is 6.56. The maximum Gasteiger partial charge on any atom is 0.264 e. The Hall–Kier alpha value is -1.43. The Morgan fingerprint density at radius 2 is 2.17 bits per heavy atom. The molecule has 0 radical (unpaired) electrons. The van der Waals surface area contributed by atoms with E-state index in [1.807, 2.05) is 12.1 Å². The summed E-state index contributed by atoms with van der Waals surface area (Å²) in [5.74, 6) is 0.0221. The molecule has 2 heterocycles. The van der Waals surface area contributed by atoms with Gasteiger partial charge in [0.2, 0.25) is 0 Å². The Morgan fingerprint density at radius 3 is 3.00 bits per heavy atom. The zero-order valence-corrected chi connectivity index (χ0v) is 15.1. The molecule has 4 nitrogen and oxygen atoms in total. The van der Waals surface area contributed by atoms with E-state index in [-0.39, 0.29) is 12.5 Å². The summed E-state index contributed by atoms with van der Waals surface area (Å²) in [5.41, 5.74) is 1.17. The van der Waals surface area contributed by atoms with Crippen LogP contribution < -0.4 is 5.32 Å². The molecule has 5 heteroatoms. The van der Waals surface area contributed by atoms with Crippen LogP contribution in [-0.4, -0.2) is 48.7 Å². The highest BCUT2D eigenvalue weighted by molar-refractivity contribution is 7.21. The number of fused-ring (bicyclic) bond motifs is 1. The van der Waals surface area contributed by atoms with Crippen molar-refractivity contribution in [3.8, 4) is 0 Å². The summed E-state index contributed by atoms with van der Waals surface area (Å²) >= 11 is 1.58. The molecule has 24 heavy (non-hydrogen) atoms. The highest BCUT2D eigenvalue weighted by Gasteiger charge is 2.23. The number of carbonyl (C=O) groups excluding carboxylic acids is 1. The van der Waals surface area contributed by atoms with Crippen LogP contribution in [-0.2, 0) is 6.42 Å². The van der Waals surface area contributed by atoms with Gasteiger partial charge in [0, 0.05) is 24.3 Å². The second-order valence-corrected chi connectivity index (χ2v) is 7.61. The first-order valence-corrected chi connectivity index (χ1v) is 9.62. The van der Waals surface area contributed by atoms with Crippen molar-refractivity contribution in [2.24, 2.45) is 0 Å². The normalized spacial score (nSPS) is 18.5. The van der Waals surface area contributed by atoms with Gasteiger partial charge in [-0.05, 0) is 42.8 Å². The van der Waals surface area contributed by atoms with Crippen LogP contribution in [0, 0.1) is 0 Å². The first kappa shape index (κ1) is 17.4. The number of aliphatic hydroxyl groups excluding tert-OH is 1. The zero-order chi connectivity index (χ0) is 16.9. The van der Waals surface area contributed by atoms with E-state index >= 15 is 0 Å². The lowest BCUT2D eigenvalue weighted by Gasteiger charge is -2.19. The minimum absolute atomic E-state index is 0.00729. The molecule has 0 bridgehead atoms. The number of nitrogens with one attached hydrogen (secondary N) is 1. The van der Waals surface area contributed by atoms with Crippen molar-refractivity contribution in [1.82, 2.24) is 10.2 Å². The van der Waals surface area contributed by atoms with E-state index in [1.54, 1.807) is 23.3 Å². The predicted octanol–water partition coefficient (Wildman–Crippen LogP) is 3.04. The maximum atomic E-state index is 12.8. The van der Waals surface area contributed by atoms with Crippen LogP contribution in [0.15, 0.2) is 24.3 Å². The van der Waals surface area contributed by atoms with Gasteiger partial charge < -0.3 is 15.3 Å². The average Bonchev–Trinajstić information content (AvgIpc) is 2.76. The van der Waals surface area contributed by atoms with Crippen LogP contribution in [0.2, 0.25) is 0 Å². The molecular weight excluding hydrogens is 320 g/mol. The number of nitrogens with zero attached hydrogens (tertiary/aromatic N) is 1. The van der Waals surface area contributed by atoms with Crippen molar-refractivity contribution in [1.29, 1.82) is 0 Å². The summed E-state index contributed by atoms with van der Waals surface area (Å²) in [6.07, 6.45) is 5.86. The van der Waals surface area contributed by atoms with Crippen molar-refractivity contribution >= 4 is 27.3 Å². The maximum absolute atomic E-state index is 12.8. The number of amides is 1. The molecule has 0 saturated carbocycles. The molecule has 1 aliphatic rings. The van der Waals surface area contributed by atoms with Crippen molar-refractivity contribution in [3.05, 3.63) is 34.7 Å². The fraction of sp³-hybridized carbons (Fsp3) is 0.526. The summed E-state index contributed by atoms with van der Waals surface area (Å²) in [4.78, 5) is 15.3. The van der Waals surface area contributed by atoms with Crippen LogP contribution in [0.25, 0.3) is 10.1 Å². The van der Waals surface area contributed by atoms with Crippen LogP contribution in [0.5, 0.6) is 0 Å². The number of thiophene rings is 1. The molecule has 1 amide bonds. The first-order chi connectivity index (χ1) is 11.7. The Balaban J connectivity index is 1.94. The quantitative estimate of drug-likeness (QED) is 0.875. The molecule has 1 atom stereocenters. The summed E-state index contributed by atoms with van der Waals surface area (Å²) in [6, 6.07) is 8.73. The largest absolute Gasteiger partial charge is 0.395 e. The van der Waals surface area contributed by atoms with Crippen LogP contribution in [0.1, 0.15) is 40.9 Å². The lowest BCUT2D eigenvalue weighted by atomic mass is 9.99. The molecule has 1 aromatic carbocycles. The van der Waals surface area contributed by atoms with E-state index in [0.717, 1.165) is 17.8 Å². The standard InChI is InChI=1S/C19H26N2O2S/c1-21(11-12-22)19(23)18-16(13-14-7-3-2-6-10-20-14)15-8-4-5-9-17(15)24-18/h4-5,8-9,14,20,22H,2-3,6-7,10-13H2,1H3/t14-/m1/s1. The molecule has 2 N–H and O–H groups in total. The molecule has 0 aliphatic carbocycles. The fourth-order valence-corrected chi connectivity index (χ4v) is 4.65. The molecule has 130 valence electrons. The molecule has 0 unspecified atom stereocenters. The topological polar surface area (TPSA) is 52.6 Å². The first-order valence-electron chi connectivity index (χ1n) is 8.81. The van der Waals surface area contributed by atoms with Gasteiger partial charge in [-0.1, -0.05) is 31.0 Å². The van der Waals surface area contributed by atoms with E-state index in [4.69, 9.17) is 5.11 Å². The van der Waals surface area contributed by atoms with Gasteiger partial charge in [-0.15, -0.1) is 11.3 Å². The van der Waals surface area contributed by atoms with Crippen molar-refractivity contribution in [2.75, 3.05) is 26.7 Å². The number of hydrogen-bond acceptors (Lipinski definition) is 4. The second kappa shape index (κ2) is 8.10. The van der Waals surface area contributed by atoms with Crippen LogP contribution >= 0.6 is 11.3 Å². The number of rotatable bonds is 5. The Kier molecular flexibility index (Phi) is 5.87. The minimum atomic E-state index is -0.00729. The monoisotopic (exact) mass is 346 g/mol. The lowest BCUT2D eigenvalue weighted by molar-refractivity contribution is 0.0770. The molecule has 2 aromatic rings. The molecule has 0 spiro atoms. The third-order valence-electron chi connectivity index (χ3n) is 4.79. The predicted molar refractivity (Wildman–Crippen MR) is 99.8 cm³/mol. The van der Waals surface area contributed by atoms with Crippen molar-refractivity contribution in [3.63, 3.8) is 0 Å². The fourth-order valence-electron chi connectivity index (χ4n) is 3.42. The lowest BCUT2D eigenvalue weighted by Crippen LogP contribution is -2.32. The zero-order valence-electron chi connectivity index (χ0n) is 14.3. The SMILES string of the molecule is CN(CCO)C(=O)c1sc2ccccc2c1C[C@H]1CCCCCN1. The van der Waals surface area contributed by atoms with Crippen molar-refractivity contribution < 1.29 is 9.90 Å². The summed E-state index contributed by atoms with van der Waals surface area (Å²) in [5, 5.41) is 14.0. The van der Waals surface area contributed by atoms with Gasteiger partial charge in [-0.25, -0.2) is 0 Å². The number of likely N-dealkylation sites (N-methyl/N-ethyl adjacent to an activating group) is 1. The minimum Gasteiger partial charge on any atom is -0.395 e. The molecule has 1 fully saturated rings. The van der Waals surface area contributed by atoms with Gasteiger partial charge in [-0.3, -0.25) is 4.79 Å². The van der Waals surface area contributed by atoms with E-state index < -0.39 is 0 Å². The highest BCUT2D eigenvalue weighted by Crippen LogP contribution is 2.33.